The van der Waals surface area contributed by atoms with Crippen molar-refractivity contribution in [1.82, 2.24) is 4.98 Å². The number of hydrogen-bond donors (Lipinski definition) is 2. The van der Waals surface area contributed by atoms with Gasteiger partial charge in [0.25, 0.3) is 0 Å². The maximum atomic E-state index is 9.02. The van der Waals surface area contributed by atoms with Crippen LogP contribution in [0.4, 0.5) is 0 Å². The quantitative estimate of drug-likeness (QED) is 0.179. The highest BCUT2D eigenvalue weighted by atomic mass is 79.9. The first kappa shape index (κ1) is 29.4. The summed E-state index contributed by atoms with van der Waals surface area (Å²) in [7, 11) is -1.46. The van der Waals surface area contributed by atoms with E-state index in [2.05, 4.69) is 134 Å². The molecule has 0 amide bonds. The van der Waals surface area contributed by atoms with Gasteiger partial charge < -0.3 is 14.5 Å². The standard InChI is InChI=1S/C25H16Br2.C13H10BNO3/c26-19-11-13-21-22-14-12-20(27)16-24(22)25(23(21)15-19,17-7-3-1-4-8-17)18-9-5-2-6-10-18;16-14(17)10-7-5-9(6-8-10)13-15-11-3-1-2-4-12(11)18-13/h1-16H;1-8,16-17H. The maximum Gasteiger partial charge on any atom is 0.488 e. The van der Waals surface area contributed by atoms with Gasteiger partial charge in [-0.1, -0.05) is 129 Å². The number of nitrogens with zero attached hydrogens (tertiary/aromatic N) is 1. The zero-order chi connectivity index (χ0) is 31.0. The molecule has 0 unspecified atom stereocenters. The van der Waals surface area contributed by atoms with Gasteiger partial charge in [-0.05, 0) is 87.4 Å². The zero-order valence-corrected chi connectivity index (χ0v) is 27.1. The Morgan fingerprint density at radius 1 is 0.578 bits per heavy atom. The molecule has 6 aromatic carbocycles. The number of rotatable bonds is 4. The van der Waals surface area contributed by atoms with Crippen molar-refractivity contribution in [3.05, 3.63) is 177 Å². The number of benzene rings is 6. The first-order chi connectivity index (χ1) is 21.9. The van der Waals surface area contributed by atoms with Crippen molar-refractivity contribution in [2.45, 2.75) is 5.41 Å². The minimum atomic E-state index is -1.46. The van der Waals surface area contributed by atoms with Crippen molar-refractivity contribution >= 4 is 55.5 Å². The summed E-state index contributed by atoms with van der Waals surface area (Å²) in [6, 6.07) is 49.3. The zero-order valence-electron chi connectivity index (χ0n) is 23.9. The molecule has 218 valence electrons. The van der Waals surface area contributed by atoms with E-state index in [0.29, 0.717) is 11.4 Å². The molecule has 8 rings (SSSR count). The maximum absolute atomic E-state index is 9.02. The van der Waals surface area contributed by atoms with Gasteiger partial charge >= 0.3 is 7.12 Å². The van der Waals surface area contributed by atoms with Gasteiger partial charge in [0.05, 0.1) is 5.41 Å². The Balaban J connectivity index is 0.000000157. The third kappa shape index (κ3) is 5.36. The van der Waals surface area contributed by atoms with Crippen molar-refractivity contribution in [2.24, 2.45) is 0 Å². The highest BCUT2D eigenvalue weighted by Gasteiger charge is 2.46. The molecular formula is C38H26BBr2NO3. The third-order valence-corrected chi connectivity index (χ3v) is 9.21. The fourth-order valence-corrected chi connectivity index (χ4v) is 6.95. The van der Waals surface area contributed by atoms with Crippen LogP contribution in [0.2, 0.25) is 0 Å². The summed E-state index contributed by atoms with van der Waals surface area (Å²) in [5.41, 5.74) is 10.3. The summed E-state index contributed by atoms with van der Waals surface area (Å²) < 4.78 is 7.82. The number of aromatic nitrogens is 1. The summed E-state index contributed by atoms with van der Waals surface area (Å²) in [5.74, 6) is 0.523. The molecule has 1 aromatic heterocycles. The van der Waals surface area contributed by atoms with E-state index in [4.69, 9.17) is 14.5 Å². The molecular weight excluding hydrogens is 689 g/mol. The van der Waals surface area contributed by atoms with Crippen molar-refractivity contribution in [2.75, 3.05) is 0 Å². The van der Waals surface area contributed by atoms with Crippen LogP contribution in [0, 0.1) is 0 Å². The van der Waals surface area contributed by atoms with Gasteiger partial charge in [-0.3, -0.25) is 0 Å². The molecule has 2 N–H and O–H groups in total. The predicted molar refractivity (Wildman–Crippen MR) is 188 cm³/mol. The highest BCUT2D eigenvalue weighted by molar-refractivity contribution is 9.10. The largest absolute Gasteiger partial charge is 0.488 e. The SMILES string of the molecule is Brc1ccc2c(c1)C(c1ccccc1)(c1ccccc1)c1cc(Br)ccc1-2.OB(O)c1ccc(-c2nc3ccccc3o2)cc1. The lowest BCUT2D eigenvalue weighted by Crippen LogP contribution is -2.29. The smallest absolute Gasteiger partial charge is 0.436 e. The molecule has 7 heteroatoms. The summed E-state index contributed by atoms with van der Waals surface area (Å²) in [6.07, 6.45) is 0. The van der Waals surface area contributed by atoms with Gasteiger partial charge in [0.1, 0.15) is 5.52 Å². The van der Waals surface area contributed by atoms with Crippen LogP contribution in [0.25, 0.3) is 33.7 Å². The first-order valence-corrected chi connectivity index (χ1v) is 16.1. The van der Waals surface area contributed by atoms with Crippen LogP contribution in [0.15, 0.2) is 159 Å². The Kier molecular flexibility index (Phi) is 8.02. The van der Waals surface area contributed by atoms with Crippen LogP contribution in [0.1, 0.15) is 22.3 Å². The van der Waals surface area contributed by atoms with E-state index in [1.807, 2.05) is 24.3 Å². The summed E-state index contributed by atoms with van der Waals surface area (Å²) in [5, 5.41) is 18.0. The molecule has 1 aliphatic carbocycles. The number of hydrogen-bond acceptors (Lipinski definition) is 4. The molecule has 0 fully saturated rings. The van der Waals surface area contributed by atoms with Gasteiger partial charge in [0.15, 0.2) is 5.58 Å². The normalized spacial score (nSPS) is 12.6. The van der Waals surface area contributed by atoms with Crippen LogP contribution in [0.3, 0.4) is 0 Å². The van der Waals surface area contributed by atoms with Gasteiger partial charge in [-0.15, -0.1) is 0 Å². The molecule has 0 aliphatic heterocycles. The molecule has 0 spiro atoms. The minimum absolute atomic E-state index is 0.333. The number of fused-ring (bicyclic) bond motifs is 4. The molecule has 0 saturated heterocycles. The Morgan fingerprint density at radius 3 is 1.60 bits per heavy atom. The lowest BCUT2D eigenvalue weighted by Gasteiger charge is -2.34. The van der Waals surface area contributed by atoms with Gasteiger partial charge in [-0.25, -0.2) is 4.98 Å². The molecule has 4 nitrogen and oxygen atoms in total. The van der Waals surface area contributed by atoms with Crippen LogP contribution in [-0.2, 0) is 5.41 Å². The van der Waals surface area contributed by atoms with Crippen molar-refractivity contribution in [3.63, 3.8) is 0 Å². The summed E-state index contributed by atoms with van der Waals surface area (Å²) in [4.78, 5) is 4.37. The molecule has 0 atom stereocenters. The first-order valence-electron chi connectivity index (χ1n) is 14.5. The van der Waals surface area contributed by atoms with Crippen LogP contribution >= 0.6 is 31.9 Å². The van der Waals surface area contributed by atoms with Crippen LogP contribution in [0.5, 0.6) is 0 Å². The fourth-order valence-electron chi connectivity index (χ4n) is 6.23. The minimum Gasteiger partial charge on any atom is -0.436 e. The number of para-hydroxylation sites is 2. The summed E-state index contributed by atoms with van der Waals surface area (Å²) in [6.45, 7) is 0. The van der Waals surface area contributed by atoms with E-state index < -0.39 is 7.12 Å². The summed E-state index contributed by atoms with van der Waals surface area (Å²) >= 11 is 7.42. The Hall–Kier alpha value is -4.27. The molecule has 0 bridgehead atoms. The van der Waals surface area contributed by atoms with Gasteiger partial charge in [0, 0.05) is 14.5 Å². The Morgan fingerprint density at radius 2 is 1.09 bits per heavy atom. The molecule has 7 aromatic rings. The lowest BCUT2D eigenvalue weighted by molar-refractivity contribution is 0.426. The van der Waals surface area contributed by atoms with Crippen molar-refractivity contribution in [3.8, 4) is 22.6 Å². The molecule has 0 saturated carbocycles. The second-order valence-corrected chi connectivity index (χ2v) is 12.7. The van der Waals surface area contributed by atoms with E-state index >= 15 is 0 Å². The molecule has 1 aliphatic rings. The van der Waals surface area contributed by atoms with E-state index in [1.165, 1.54) is 33.4 Å². The fraction of sp³-hybridized carbons (Fsp3) is 0.0263. The lowest BCUT2D eigenvalue weighted by atomic mass is 9.68. The van der Waals surface area contributed by atoms with E-state index in [-0.39, 0.29) is 5.41 Å². The molecule has 45 heavy (non-hydrogen) atoms. The third-order valence-electron chi connectivity index (χ3n) is 8.22. The highest BCUT2D eigenvalue weighted by Crippen LogP contribution is 2.56. The Labute approximate surface area is 278 Å². The van der Waals surface area contributed by atoms with Crippen molar-refractivity contribution in [1.29, 1.82) is 0 Å². The second kappa shape index (κ2) is 12.3. The van der Waals surface area contributed by atoms with E-state index in [1.54, 1.807) is 24.3 Å². The monoisotopic (exact) mass is 713 g/mol. The number of halogens is 2. The van der Waals surface area contributed by atoms with Crippen LogP contribution in [-0.4, -0.2) is 22.2 Å². The predicted octanol–water partition coefficient (Wildman–Crippen LogP) is 8.75. The van der Waals surface area contributed by atoms with Gasteiger partial charge in [-0.2, -0.15) is 0 Å². The number of oxazole rings is 1. The second-order valence-electron chi connectivity index (χ2n) is 10.8. The average Bonchev–Trinajstić information content (AvgIpc) is 3.63. The van der Waals surface area contributed by atoms with Gasteiger partial charge in [0.2, 0.25) is 5.89 Å². The Bertz CT molecular complexity index is 1990. The topological polar surface area (TPSA) is 66.5 Å². The van der Waals surface area contributed by atoms with Crippen LogP contribution < -0.4 is 5.46 Å². The average molecular weight is 715 g/mol. The molecule has 1 heterocycles. The van der Waals surface area contributed by atoms with E-state index in [9.17, 15) is 0 Å². The van der Waals surface area contributed by atoms with E-state index in [0.717, 1.165) is 25.6 Å². The van der Waals surface area contributed by atoms with Crippen molar-refractivity contribution < 1.29 is 14.5 Å². The molecule has 0 radical (unpaired) electrons.